The SMILES string of the molecule is CC.CC1=C(CNC(=O)c2ccc(Cl)s2)NNN1c1ccc(-n2ccccc2=O)cc1OCCCO. The third-order valence-corrected chi connectivity index (χ3v) is 6.39. The quantitative estimate of drug-likeness (QED) is 0.311. The first-order chi connectivity index (χ1) is 17.5. The highest BCUT2D eigenvalue weighted by molar-refractivity contribution is 7.18. The number of thiophene rings is 1. The van der Waals surface area contributed by atoms with E-state index in [9.17, 15) is 9.59 Å². The van der Waals surface area contributed by atoms with Crippen LogP contribution in [0.2, 0.25) is 4.34 Å². The fourth-order valence-corrected chi connectivity index (χ4v) is 4.34. The zero-order valence-corrected chi connectivity index (χ0v) is 21.9. The largest absolute Gasteiger partial charge is 0.491 e. The predicted octanol–water partition coefficient (Wildman–Crippen LogP) is 3.83. The van der Waals surface area contributed by atoms with Crippen molar-refractivity contribution < 1.29 is 14.6 Å². The maximum Gasteiger partial charge on any atom is 0.261 e. The van der Waals surface area contributed by atoms with Crippen LogP contribution in [0.25, 0.3) is 5.69 Å². The molecule has 1 amide bonds. The number of hydrazine groups is 2. The number of benzene rings is 1. The van der Waals surface area contributed by atoms with Gasteiger partial charge in [0.15, 0.2) is 0 Å². The van der Waals surface area contributed by atoms with Gasteiger partial charge in [0.25, 0.3) is 11.5 Å². The van der Waals surface area contributed by atoms with E-state index < -0.39 is 0 Å². The Morgan fingerprint density at radius 3 is 2.69 bits per heavy atom. The summed E-state index contributed by atoms with van der Waals surface area (Å²) in [5.74, 6) is 0.331. The summed E-state index contributed by atoms with van der Waals surface area (Å²) in [6.07, 6.45) is 2.16. The Bertz CT molecular complexity index is 1270. The summed E-state index contributed by atoms with van der Waals surface area (Å²) in [6, 6.07) is 13.8. The molecule has 0 bridgehead atoms. The van der Waals surface area contributed by atoms with Crippen LogP contribution in [0.5, 0.6) is 5.75 Å². The lowest BCUT2D eigenvalue weighted by Crippen LogP contribution is -2.39. The molecule has 9 nitrogen and oxygen atoms in total. The number of nitrogens with one attached hydrogen (secondary N) is 3. The number of hydrogen-bond donors (Lipinski definition) is 4. The summed E-state index contributed by atoms with van der Waals surface area (Å²) in [5.41, 5.74) is 8.99. The second-order valence-electron chi connectivity index (χ2n) is 7.41. The van der Waals surface area contributed by atoms with Gasteiger partial charge in [-0.3, -0.25) is 19.2 Å². The van der Waals surface area contributed by atoms with Crippen LogP contribution >= 0.6 is 22.9 Å². The lowest BCUT2D eigenvalue weighted by atomic mass is 10.2. The summed E-state index contributed by atoms with van der Waals surface area (Å²) in [6.45, 7) is 6.51. The highest BCUT2D eigenvalue weighted by Gasteiger charge is 2.24. The van der Waals surface area contributed by atoms with E-state index in [-0.39, 0.29) is 24.6 Å². The maximum absolute atomic E-state index is 12.4. The van der Waals surface area contributed by atoms with E-state index in [2.05, 4.69) is 16.3 Å². The van der Waals surface area contributed by atoms with Crippen molar-refractivity contribution in [2.75, 3.05) is 24.8 Å². The summed E-state index contributed by atoms with van der Waals surface area (Å²) in [4.78, 5) is 25.2. The number of aromatic nitrogens is 1. The minimum Gasteiger partial charge on any atom is -0.491 e. The normalized spacial score (nSPS) is 12.6. The molecule has 4 rings (SSSR count). The number of aliphatic hydroxyl groups is 1. The van der Waals surface area contributed by atoms with Crippen LogP contribution in [0.4, 0.5) is 5.69 Å². The second-order valence-corrected chi connectivity index (χ2v) is 9.12. The highest BCUT2D eigenvalue weighted by atomic mass is 35.5. The number of aliphatic hydroxyl groups excluding tert-OH is 1. The number of hydrogen-bond acceptors (Lipinski definition) is 8. The van der Waals surface area contributed by atoms with Crippen LogP contribution in [0, 0.1) is 0 Å². The fourth-order valence-electron chi connectivity index (χ4n) is 3.38. The van der Waals surface area contributed by atoms with E-state index in [0.29, 0.717) is 39.4 Å². The minimum atomic E-state index is -0.205. The van der Waals surface area contributed by atoms with Crippen molar-refractivity contribution in [3.05, 3.63) is 85.7 Å². The number of ether oxygens (including phenoxy) is 1. The first-order valence-electron chi connectivity index (χ1n) is 11.6. The Kier molecular flexibility index (Phi) is 9.95. The molecule has 0 unspecified atom stereocenters. The zero-order valence-electron chi connectivity index (χ0n) is 20.4. The molecule has 4 N–H and O–H groups in total. The lowest BCUT2D eigenvalue weighted by molar-refractivity contribution is 0.0960. The number of amides is 1. The molecule has 0 saturated heterocycles. The first-order valence-corrected chi connectivity index (χ1v) is 12.8. The Morgan fingerprint density at radius 1 is 1.19 bits per heavy atom. The van der Waals surface area contributed by atoms with Gasteiger partial charge < -0.3 is 20.6 Å². The van der Waals surface area contributed by atoms with E-state index in [4.69, 9.17) is 21.4 Å². The number of anilines is 1. The van der Waals surface area contributed by atoms with Crippen molar-refractivity contribution in [3.63, 3.8) is 0 Å². The molecule has 2 aromatic heterocycles. The zero-order chi connectivity index (χ0) is 26.1. The van der Waals surface area contributed by atoms with Crippen LogP contribution < -0.4 is 31.6 Å². The van der Waals surface area contributed by atoms with E-state index in [1.54, 1.807) is 41.5 Å². The molecule has 1 aromatic carbocycles. The van der Waals surface area contributed by atoms with Crippen molar-refractivity contribution in [2.45, 2.75) is 27.2 Å². The second kappa shape index (κ2) is 13.1. The van der Waals surface area contributed by atoms with E-state index >= 15 is 0 Å². The standard InChI is InChI=1S/C23H24ClN5O4S.C2H6/c1-15-17(14-25-23(32)20-8-9-21(24)34-20)26-27-29(15)18-7-6-16(13-19(18)33-12-4-11-30)28-10-3-2-5-22(28)31;1-2/h2-3,5-10,13,26-27,30H,4,11-12,14H2,1H3,(H,25,32);1-2H3. The van der Waals surface area contributed by atoms with Crippen molar-refractivity contribution >= 4 is 34.5 Å². The Labute approximate surface area is 218 Å². The van der Waals surface area contributed by atoms with Crippen LogP contribution in [-0.2, 0) is 0 Å². The molecule has 1 aliphatic rings. The van der Waals surface area contributed by atoms with Gasteiger partial charge >= 0.3 is 0 Å². The Balaban J connectivity index is 0.00000176. The number of nitrogens with zero attached hydrogens (tertiary/aromatic N) is 2. The van der Waals surface area contributed by atoms with Crippen LogP contribution in [0.15, 0.2) is 70.9 Å². The number of allylic oxidation sites excluding steroid dienone is 1. The number of pyridine rings is 1. The fraction of sp³-hybridized carbons (Fsp3) is 0.280. The number of carbonyl (C=O) groups is 1. The molecule has 1 aliphatic heterocycles. The van der Waals surface area contributed by atoms with Gasteiger partial charge in [-0.25, -0.2) is 0 Å². The molecule has 0 spiro atoms. The van der Waals surface area contributed by atoms with E-state index in [0.717, 1.165) is 11.4 Å². The molecule has 0 radical (unpaired) electrons. The molecule has 36 heavy (non-hydrogen) atoms. The van der Waals surface area contributed by atoms with Gasteiger partial charge in [-0.15, -0.1) is 16.9 Å². The summed E-state index contributed by atoms with van der Waals surface area (Å²) in [5, 5.41) is 13.8. The number of carbonyl (C=O) groups excluding carboxylic acids is 1. The van der Waals surface area contributed by atoms with Gasteiger partial charge in [-0.2, -0.15) is 0 Å². The first kappa shape index (κ1) is 27.3. The summed E-state index contributed by atoms with van der Waals surface area (Å²) in [7, 11) is 0. The number of rotatable bonds is 9. The van der Waals surface area contributed by atoms with Crippen LogP contribution in [0.1, 0.15) is 36.9 Å². The summed E-state index contributed by atoms with van der Waals surface area (Å²) < 4.78 is 8.03. The molecular formula is C25H30ClN5O4S. The third-order valence-electron chi connectivity index (χ3n) is 5.16. The van der Waals surface area contributed by atoms with Crippen molar-refractivity contribution in [1.29, 1.82) is 0 Å². The average Bonchev–Trinajstić information content (AvgIpc) is 3.49. The molecule has 192 valence electrons. The topological polar surface area (TPSA) is 108 Å². The highest BCUT2D eigenvalue weighted by Crippen LogP contribution is 2.33. The molecule has 0 fully saturated rings. The average molecular weight is 532 g/mol. The molecule has 0 saturated carbocycles. The molecule has 3 heterocycles. The van der Waals surface area contributed by atoms with Gasteiger partial charge in [-0.05, 0) is 37.3 Å². The van der Waals surface area contributed by atoms with Crippen molar-refractivity contribution in [2.24, 2.45) is 0 Å². The maximum atomic E-state index is 12.4. The van der Waals surface area contributed by atoms with Gasteiger partial charge in [0.1, 0.15) is 11.4 Å². The lowest BCUT2D eigenvalue weighted by Gasteiger charge is -2.23. The Hall–Kier alpha value is -3.31. The van der Waals surface area contributed by atoms with Crippen molar-refractivity contribution in [1.82, 2.24) is 20.8 Å². The van der Waals surface area contributed by atoms with E-state index in [1.807, 2.05) is 32.9 Å². The van der Waals surface area contributed by atoms with Crippen LogP contribution in [0.3, 0.4) is 0 Å². The van der Waals surface area contributed by atoms with E-state index in [1.165, 1.54) is 22.0 Å². The minimum absolute atomic E-state index is 0.00885. The van der Waals surface area contributed by atoms with Crippen LogP contribution in [-0.4, -0.2) is 35.3 Å². The van der Waals surface area contributed by atoms with Crippen molar-refractivity contribution in [3.8, 4) is 11.4 Å². The molecule has 0 atom stereocenters. The third kappa shape index (κ3) is 6.46. The molecule has 3 aromatic rings. The Morgan fingerprint density at radius 2 is 2.00 bits per heavy atom. The molecule has 11 heteroatoms. The smallest absolute Gasteiger partial charge is 0.261 e. The number of halogens is 1. The van der Waals surface area contributed by atoms with Gasteiger partial charge in [0.2, 0.25) is 0 Å². The molecular weight excluding hydrogens is 502 g/mol. The van der Waals surface area contributed by atoms with Gasteiger partial charge in [0.05, 0.1) is 39.4 Å². The summed E-state index contributed by atoms with van der Waals surface area (Å²) >= 11 is 7.14. The van der Waals surface area contributed by atoms with Gasteiger partial charge in [0, 0.05) is 31.4 Å². The van der Waals surface area contributed by atoms with Gasteiger partial charge in [-0.1, -0.05) is 31.5 Å². The predicted molar refractivity (Wildman–Crippen MR) is 144 cm³/mol. The molecule has 0 aliphatic carbocycles. The monoisotopic (exact) mass is 531 g/mol.